The molecular weight excluding hydrogens is 240 g/mol. The van der Waals surface area contributed by atoms with Crippen molar-refractivity contribution < 1.29 is 20.1 Å². The van der Waals surface area contributed by atoms with Crippen LogP contribution in [-0.4, -0.2) is 37.6 Å². The predicted molar refractivity (Wildman–Crippen MR) is 61.0 cm³/mol. The molecule has 7 heteroatoms. The number of aromatic nitrogens is 2. The molecule has 18 heavy (non-hydrogen) atoms. The zero-order chi connectivity index (χ0) is 13.3. The van der Waals surface area contributed by atoms with E-state index in [9.17, 15) is 19.8 Å². The van der Waals surface area contributed by atoms with Crippen LogP contribution in [0.2, 0.25) is 0 Å². The first-order chi connectivity index (χ1) is 8.50. The van der Waals surface area contributed by atoms with Crippen LogP contribution < -0.4 is 5.56 Å². The maximum atomic E-state index is 11.4. The molecule has 1 aromatic heterocycles. The summed E-state index contributed by atoms with van der Waals surface area (Å²) in [6.45, 7) is 0. The van der Waals surface area contributed by atoms with Gasteiger partial charge in [-0.3, -0.25) is 4.79 Å². The van der Waals surface area contributed by atoms with Crippen molar-refractivity contribution in [2.75, 3.05) is 0 Å². The summed E-state index contributed by atoms with van der Waals surface area (Å²) in [7, 11) is 0. The third kappa shape index (κ3) is 2.08. The molecule has 4 N–H and O–H groups in total. The number of hydrogen-bond acceptors (Lipinski definition) is 5. The summed E-state index contributed by atoms with van der Waals surface area (Å²) in [4.78, 5) is 21.9. The van der Waals surface area contributed by atoms with Gasteiger partial charge in [0.25, 0.3) is 5.56 Å². The number of carbonyl (C=O) groups is 1. The third-order valence-corrected chi connectivity index (χ3v) is 2.58. The lowest BCUT2D eigenvalue weighted by molar-refractivity contribution is -0.153. The molecule has 0 fully saturated rings. The van der Waals surface area contributed by atoms with Crippen LogP contribution in [0.3, 0.4) is 0 Å². The lowest BCUT2D eigenvalue weighted by Crippen LogP contribution is -2.27. The van der Waals surface area contributed by atoms with Crippen molar-refractivity contribution in [2.24, 2.45) is 0 Å². The topological polar surface area (TPSA) is 124 Å². The van der Waals surface area contributed by atoms with E-state index in [0.29, 0.717) is 10.8 Å². The summed E-state index contributed by atoms with van der Waals surface area (Å²) in [6.07, 6.45) is -2.11. The van der Waals surface area contributed by atoms with Gasteiger partial charge in [-0.1, -0.05) is 6.07 Å². The van der Waals surface area contributed by atoms with Crippen molar-refractivity contribution in [3.8, 4) is 0 Å². The second-order valence-corrected chi connectivity index (χ2v) is 3.77. The molecule has 2 rings (SSSR count). The van der Waals surface area contributed by atoms with Crippen LogP contribution in [0, 0.1) is 0 Å². The molecule has 7 nitrogen and oxygen atoms in total. The Labute approximate surface area is 100 Å². The van der Waals surface area contributed by atoms with Crippen LogP contribution >= 0.6 is 0 Å². The van der Waals surface area contributed by atoms with Crippen LogP contribution in [0.4, 0.5) is 0 Å². The highest BCUT2D eigenvalue weighted by Gasteiger charge is 2.25. The highest BCUT2D eigenvalue weighted by atomic mass is 16.4. The molecule has 0 aliphatic heterocycles. The minimum Gasteiger partial charge on any atom is -0.479 e. The van der Waals surface area contributed by atoms with Crippen molar-refractivity contribution in [3.05, 3.63) is 40.3 Å². The molecule has 0 radical (unpaired) electrons. The van der Waals surface area contributed by atoms with Gasteiger partial charge in [0.15, 0.2) is 6.10 Å². The summed E-state index contributed by atoms with van der Waals surface area (Å²) >= 11 is 0. The predicted octanol–water partition coefficient (Wildman–Crippen LogP) is -0.598. The van der Waals surface area contributed by atoms with Crippen molar-refractivity contribution >= 4 is 16.7 Å². The second-order valence-electron chi connectivity index (χ2n) is 3.77. The number of rotatable bonds is 3. The fraction of sp³-hybridized carbons (Fsp3) is 0.182. The first-order valence-corrected chi connectivity index (χ1v) is 5.07. The lowest BCUT2D eigenvalue weighted by atomic mass is 10.0. The van der Waals surface area contributed by atoms with E-state index in [1.54, 1.807) is 0 Å². The molecule has 0 bridgehead atoms. The molecular formula is C11H10N2O5. The van der Waals surface area contributed by atoms with Gasteiger partial charge < -0.3 is 15.3 Å². The molecule has 2 unspecified atom stereocenters. The van der Waals surface area contributed by atoms with Crippen molar-refractivity contribution in [3.63, 3.8) is 0 Å². The molecule has 0 aliphatic rings. The van der Waals surface area contributed by atoms with Gasteiger partial charge >= 0.3 is 5.97 Å². The Hall–Kier alpha value is -2.25. The van der Waals surface area contributed by atoms with E-state index in [-0.39, 0.29) is 11.1 Å². The highest BCUT2D eigenvalue weighted by molar-refractivity contribution is 5.81. The SMILES string of the molecule is O=C(O)C(O)C(O)c1ccc2c(=O)[nH]ncc2c1. The maximum absolute atomic E-state index is 11.4. The third-order valence-electron chi connectivity index (χ3n) is 2.58. The Morgan fingerprint density at radius 1 is 1.33 bits per heavy atom. The van der Waals surface area contributed by atoms with Crippen LogP contribution in [0.1, 0.15) is 11.7 Å². The maximum Gasteiger partial charge on any atom is 0.335 e. The number of H-pyrrole nitrogens is 1. The molecule has 2 atom stereocenters. The minimum absolute atomic E-state index is 0.199. The fourth-order valence-corrected chi connectivity index (χ4v) is 1.62. The second kappa shape index (κ2) is 4.55. The number of carboxylic acids is 1. The van der Waals surface area contributed by atoms with Gasteiger partial charge in [0.1, 0.15) is 6.10 Å². The van der Waals surface area contributed by atoms with Crippen LogP contribution in [0.5, 0.6) is 0 Å². The number of aliphatic hydroxyl groups excluding tert-OH is 2. The van der Waals surface area contributed by atoms with Crippen LogP contribution in [-0.2, 0) is 4.79 Å². The number of benzene rings is 1. The largest absolute Gasteiger partial charge is 0.479 e. The number of nitrogens with one attached hydrogen (secondary N) is 1. The standard InChI is InChI=1S/C11H10N2O5/c14-8(9(15)11(17)18)5-1-2-7-6(3-5)4-12-13-10(7)16/h1-4,8-9,14-15H,(H,13,16)(H,17,18). The van der Waals surface area contributed by atoms with Crippen molar-refractivity contribution in [1.29, 1.82) is 0 Å². The Kier molecular flexibility index (Phi) is 3.09. The number of aromatic amines is 1. The van der Waals surface area contributed by atoms with Crippen molar-refractivity contribution in [1.82, 2.24) is 10.2 Å². The van der Waals surface area contributed by atoms with E-state index in [1.807, 2.05) is 0 Å². The normalized spacial score (nSPS) is 14.3. The zero-order valence-electron chi connectivity index (χ0n) is 9.07. The monoisotopic (exact) mass is 250 g/mol. The summed E-state index contributed by atoms with van der Waals surface area (Å²) in [5.74, 6) is -1.52. The average molecular weight is 250 g/mol. The van der Waals surface area contributed by atoms with Gasteiger partial charge in [0.05, 0.1) is 11.6 Å². The molecule has 0 saturated heterocycles. The number of nitrogens with zero attached hydrogens (tertiary/aromatic N) is 1. The van der Waals surface area contributed by atoms with Gasteiger partial charge in [-0.15, -0.1) is 0 Å². The molecule has 0 saturated carbocycles. The van der Waals surface area contributed by atoms with E-state index in [0.717, 1.165) is 0 Å². The Morgan fingerprint density at radius 3 is 2.72 bits per heavy atom. The zero-order valence-corrected chi connectivity index (χ0v) is 9.07. The summed E-state index contributed by atoms with van der Waals surface area (Å²) in [5.41, 5.74) is -0.183. The Morgan fingerprint density at radius 2 is 2.06 bits per heavy atom. The first-order valence-electron chi connectivity index (χ1n) is 5.07. The smallest absolute Gasteiger partial charge is 0.335 e. The molecule has 0 amide bonds. The number of fused-ring (bicyclic) bond motifs is 1. The first kappa shape index (κ1) is 12.2. The number of carboxylic acid groups (broad SMARTS) is 1. The molecule has 0 aliphatic carbocycles. The van der Waals surface area contributed by atoms with E-state index >= 15 is 0 Å². The number of hydrogen-bond donors (Lipinski definition) is 4. The van der Waals surface area contributed by atoms with Gasteiger partial charge in [0.2, 0.25) is 0 Å². The summed E-state index contributed by atoms with van der Waals surface area (Å²) in [5, 5.41) is 34.2. The number of aliphatic carboxylic acids is 1. The van der Waals surface area contributed by atoms with Gasteiger partial charge in [-0.25, -0.2) is 9.89 Å². The van der Waals surface area contributed by atoms with E-state index in [1.165, 1.54) is 24.4 Å². The highest BCUT2D eigenvalue weighted by Crippen LogP contribution is 2.20. The Bertz CT molecular complexity index is 651. The Balaban J connectivity index is 2.48. The van der Waals surface area contributed by atoms with Crippen LogP contribution in [0.15, 0.2) is 29.2 Å². The fourth-order valence-electron chi connectivity index (χ4n) is 1.62. The van der Waals surface area contributed by atoms with Gasteiger partial charge in [0, 0.05) is 5.39 Å². The quantitative estimate of drug-likeness (QED) is 0.576. The van der Waals surface area contributed by atoms with Gasteiger partial charge in [-0.2, -0.15) is 5.10 Å². The van der Waals surface area contributed by atoms with Gasteiger partial charge in [-0.05, 0) is 17.7 Å². The minimum atomic E-state index is -1.92. The molecule has 1 heterocycles. The van der Waals surface area contributed by atoms with E-state index < -0.39 is 18.2 Å². The van der Waals surface area contributed by atoms with E-state index in [4.69, 9.17) is 5.11 Å². The summed E-state index contributed by atoms with van der Waals surface area (Å²) < 4.78 is 0. The van der Waals surface area contributed by atoms with Crippen LogP contribution in [0.25, 0.3) is 10.8 Å². The molecule has 94 valence electrons. The lowest BCUT2D eigenvalue weighted by Gasteiger charge is -2.14. The summed E-state index contributed by atoms with van der Waals surface area (Å²) in [6, 6.07) is 4.23. The molecule has 2 aromatic rings. The van der Waals surface area contributed by atoms with Crippen molar-refractivity contribution in [2.45, 2.75) is 12.2 Å². The molecule has 1 aromatic carbocycles. The number of aliphatic hydroxyl groups is 2. The van der Waals surface area contributed by atoms with E-state index in [2.05, 4.69) is 10.2 Å². The molecule has 0 spiro atoms. The average Bonchev–Trinajstić information content (AvgIpc) is 2.36.